The van der Waals surface area contributed by atoms with Gasteiger partial charge in [0.2, 0.25) is 0 Å². The predicted molar refractivity (Wildman–Crippen MR) is 98.5 cm³/mol. The van der Waals surface area contributed by atoms with E-state index in [0.29, 0.717) is 0 Å². The second-order valence-electron chi connectivity index (χ2n) is 7.41. The van der Waals surface area contributed by atoms with Gasteiger partial charge in [0.1, 0.15) is 48.8 Å². The molecular formula is C18H36O11. The average Bonchev–Trinajstić information content (AvgIpc) is 2.77. The molecule has 174 valence electrons. The predicted octanol–water partition coefficient (Wildman–Crippen LogP) is -3.42. The first-order chi connectivity index (χ1) is 13.8. The molecule has 0 radical (unpaired) electrons. The van der Waals surface area contributed by atoms with Crippen molar-refractivity contribution >= 4 is 0 Å². The lowest BCUT2D eigenvalue weighted by Crippen LogP contribution is -2.61. The highest BCUT2D eigenvalue weighted by Crippen LogP contribution is 2.24. The Morgan fingerprint density at radius 3 is 1.62 bits per heavy atom. The molecule has 2 fully saturated rings. The summed E-state index contributed by atoms with van der Waals surface area (Å²) in [5.41, 5.74) is 0. The molecule has 2 aliphatic rings. The van der Waals surface area contributed by atoms with E-state index in [1.165, 1.54) is 38.5 Å². The van der Waals surface area contributed by atoms with Crippen LogP contribution in [0.5, 0.6) is 0 Å². The molecule has 0 amide bonds. The number of hydrogen-bond acceptors (Lipinski definition) is 11. The Labute approximate surface area is 169 Å². The maximum atomic E-state index is 9.83. The van der Waals surface area contributed by atoms with E-state index < -0.39 is 74.9 Å². The van der Waals surface area contributed by atoms with Gasteiger partial charge in [-0.15, -0.1) is 0 Å². The lowest BCUT2D eigenvalue weighted by atomic mass is 9.98. The summed E-state index contributed by atoms with van der Waals surface area (Å²) >= 11 is 0. The maximum absolute atomic E-state index is 9.83. The van der Waals surface area contributed by atoms with Crippen LogP contribution < -0.4 is 0 Å². The van der Waals surface area contributed by atoms with Gasteiger partial charge < -0.3 is 55.4 Å². The number of rotatable bonds is 8. The van der Waals surface area contributed by atoms with E-state index in [-0.39, 0.29) is 0 Å². The Bertz CT molecular complexity index is 409. The summed E-state index contributed by atoms with van der Waals surface area (Å²) < 4.78 is 10.1. The molecule has 9 atom stereocenters. The molecular weight excluding hydrogens is 392 g/mol. The van der Waals surface area contributed by atoms with E-state index in [9.17, 15) is 30.6 Å². The topological polar surface area (TPSA) is 201 Å². The van der Waals surface area contributed by atoms with Crippen molar-refractivity contribution in [3.63, 3.8) is 0 Å². The zero-order valence-corrected chi connectivity index (χ0v) is 16.4. The van der Waals surface area contributed by atoms with Crippen molar-refractivity contribution in [3.8, 4) is 0 Å². The smallest absolute Gasteiger partial charge is 0.187 e. The van der Waals surface area contributed by atoms with E-state index in [1.54, 1.807) is 0 Å². The molecule has 0 spiro atoms. The van der Waals surface area contributed by atoms with Crippen molar-refractivity contribution in [1.82, 2.24) is 0 Å². The standard InChI is InChI=1S/C12H24O11.C6H12/c13-1-4(16)7(18)11(5(17)2-14)23-12-10(21)9(20)8(19)6(3-15)22-12;1-2-4-6-5-3-1/h4-21H,1-3H2;1-6H2/t4-,5+,6+,7+,8+,9-,10+,11+,12+;/m0./s1. The Balaban J connectivity index is 0.000000594. The third kappa shape index (κ3) is 7.96. The number of hydrogen-bond donors (Lipinski definition) is 9. The number of aliphatic hydroxyl groups excluding tert-OH is 9. The van der Waals surface area contributed by atoms with Crippen LogP contribution in [0.4, 0.5) is 0 Å². The fourth-order valence-electron chi connectivity index (χ4n) is 3.22. The molecule has 1 saturated heterocycles. The molecule has 0 aromatic heterocycles. The summed E-state index contributed by atoms with van der Waals surface area (Å²) in [7, 11) is 0. The molecule has 2 rings (SSSR count). The quantitative estimate of drug-likeness (QED) is 0.186. The molecule has 1 saturated carbocycles. The molecule has 1 aliphatic heterocycles. The Morgan fingerprint density at radius 1 is 0.724 bits per heavy atom. The number of ether oxygens (including phenoxy) is 2. The minimum absolute atomic E-state index is 0.708. The second-order valence-corrected chi connectivity index (χ2v) is 7.41. The van der Waals surface area contributed by atoms with Crippen LogP contribution in [0.15, 0.2) is 0 Å². The zero-order chi connectivity index (χ0) is 22.0. The van der Waals surface area contributed by atoms with Gasteiger partial charge in [-0.2, -0.15) is 0 Å². The first kappa shape index (κ1) is 26.6. The third-order valence-electron chi connectivity index (χ3n) is 5.12. The van der Waals surface area contributed by atoms with E-state index in [0.717, 1.165) is 0 Å². The first-order valence-electron chi connectivity index (χ1n) is 10.00. The SMILES string of the molecule is C1CCCCC1.OC[C@@H](O)[C@@H](O[C@H]1O[C@H](CO)[C@@H](O)[C@H](O)[C@H]1O)[C@H](O)[C@@H](O)CO. The molecule has 1 aliphatic carbocycles. The Kier molecular flexibility index (Phi) is 12.6. The highest BCUT2D eigenvalue weighted by atomic mass is 16.7. The molecule has 0 aromatic rings. The highest BCUT2D eigenvalue weighted by molar-refractivity contribution is 4.91. The molecule has 0 aromatic carbocycles. The minimum Gasteiger partial charge on any atom is -0.394 e. The summed E-state index contributed by atoms with van der Waals surface area (Å²) in [6.07, 6.45) is -6.08. The summed E-state index contributed by atoms with van der Waals surface area (Å²) in [6, 6.07) is 0. The van der Waals surface area contributed by atoms with Crippen molar-refractivity contribution in [3.05, 3.63) is 0 Å². The second kappa shape index (κ2) is 13.8. The summed E-state index contributed by atoms with van der Waals surface area (Å²) in [5, 5.41) is 84.9. The van der Waals surface area contributed by atoms with Crippen LogP contribution in [0.25, 0.3) is 0 Å². The maximum Gasteiger partial charge on any atom is 0.187 e. The average molecular weight is 428 g/mol. The minimum atomic E-state index is -1.85. The fourth-order valence-corrected chi connectivity index (χ4v) is 3.22. The molecule has 11 heteroatoms. The van der Waals surface area contributed by atoms with Crippen LogP contribution in [-0.2, 0) is 9.47 Å². The van der Waals surface area contributed by atoms with Gasteiger partial charge in [0.05, 0.1) is 19.8 Å². The van der Waals surface area contributed by atoms with Crippen LogP contribution in [0.3, 0.4) is 0 Å². The summed E-state index contributed by atoms with van der Waals surface area (Å²) in [5.74, 6) is 0. The Morgan fingerprint density at radius 2 is 1.21 bits per heavy atom. The molecule has 1 heterocycles. The van der Waals surface area contributed by atoms with Crippen LogP contribution in [-0.4, -0.2) is 121 Å². The number of aliphatic hydroxyl groups is 9. The van der Waals surface area contributed by atoms with E-state index in [2.05, 4.69) is 0 Å². The normalized spacial score (nSPS) is 34.4. The van der Waals surface area contributed by atoms with Crippen molar-refractivity contribution in [2.75, 3.05) is 19.8 Å². The van der Waals surface area contributed by atoms with Gasteiger partial charge in [0.25, 0.3) is 0 Å². The van der Waals surface area contributed by atoms with Crippen molar-refractivity contribution < 1.29 is 55.4 Å². The lowest BCUT2D eigenvalue weighted by Gasteiger charge is -2.42. The van der Waals surface area contributed by atoms with Crippen LogP contribution in [0, 0.1) is 0 Å². The van der Waals surface area contributed by atoms with Crippen LogP contribution >= 0.6 is 0 Å². The van der Waals surface area contributed by atoms with Crippen molar-refractivity contribution in [2.24, 2.45) is 0 Å². The van der Waals surface area contributed by atoms with Gasteiger partial charge >= 0.3 is 0 Å². The third-order valence-corrected chi connectivity index (χ3v) is 5.12. The zero-order valence-electron chi connectivity index (χ0n) is 16.4. The summed E-state index contributed by atoms with van der Waals surface area (Å²) in [4.78, 5) is 0. The van der Waals surface area contributed by atoms with Gasteiger partial charge in [-0.05, 0) is 0 Å². The highest BCUT2D eigenvalue weighted by Gasteiger charge is 2.46. The molecule has 9 N–H and O–H groups in total. The molecule has 29 heavy (non-hydrogen) atoms. The van der Waals surface area contributed by atoms with Crippen LogP contribution in [0.1, 0.15) is 38.5 Å². The fraction of sp³-hybridized carbons (Fsp3) is 1.00. The Hall–Kier alpha value is -0.440. The van der Waals surface area contributed by atoms with E-state index in [1.807, 2.05) is 0 Å². The molecule has 0 bridgehead atoms. The van der Waals surface area contributed by atoms with Gasteiger partial charge in [-0.25, -0.2) is 0 Å². The molecule has 0 unspecified atom stereocenters. The van der Waals surface area contributed by atoms with Gasteiger partial charge in [0.15, 0.2) is 6.29 Å². The first-order valence-corrected chi connectivity index (χ1v) is 10.00. The van der Waals surface area contributed by atoms with Crippen LogP contribution in [0.2, 0.25) is 0 Å². The van der Waals surface area contributed by atoms with Gasteiger partial charge in [-0.3, -0.25) is 0 Å². The summed E-state index contributed by atoms with van der Waals surface area (Å²) in [6.45, 7) is -2.45. The van der Waals surface area contributed by atoms with E-state index in [4.69, 9.17) is 24.8 Å². The van der Waals surface area contributed by atoms with E-state index >= 15 is 0 Å². The van der Waals surface area contributed by atoms with Gasteiger partial charge in [0, 0.05) is 0 Å². The lowest BCUT2D eigenvalue weighted by molar-refractivity contribution is -0.327. The monoisotopic (exact) mass is 428 g/mol. The van der Waals surface area contributed by atoms with Crippen molar-refractivity contribution in [1.29, 1.82) is 0 Å². The largest absolute Gasteiger partial charge is 0.394 e. The molecule has 11 nitrogen and oxygen atoms in total. The van der Waals surface area contributed by atoms with Gasteiger partial charge in [-0.1, -0.05) is 38.5 Å². The van der Waals surface area contributed by atoms with Crippen molar-refractivity contribution in [2.45, 2.75) is 93.6 Å².